The molecule has 0 radical (unpaired) electrons. The maximum atomic E-state index is 13.6. The molecule has 0 aliphatic heterocycles. The number of aldehydes is 1. The minimum atomic E-state index is -2.64. The molecule has 1 fully saturated rings. The predicted molar refractivity (Wildman–Crippen MR) is 110 cm³/mol. The van der Waals surface area contributed by atoms with Gasteiger partial charge in [0.2, 0.25) is 5.78 Å². The van der Waals surface area contributed by atoms with Crippen LogP contribution in [0, 0.1) is 25.7 Å². The third-order valence-corrected chi connectivity index (χ3v) is 6.88. The molecule has 0 amide bonds. The van der Waals surface area contributed by atoms with Crippen molar-refractivity contribution in [3.8, 4) is 11.5 Å². The van der Waals surface area contributed by atoms with Gasteiger partial charge in [-0.1, -0.05) is 12.1 Å². The van der Waals surface area contributed by atoms with Gasteiger partial charge < -0.3 is 20.1 Å². The fourth-order valence-electron chi connectivity index (χ4n) is 5.22. The Morgan fingerprint density at radius 3 is 2.32 bits per heavy atom. The van der Waals surface area contributed by atoms with E-state index in [2.05, 4.69) is 0 Å². The number of aromatic hydroxyl groups is 2. The van der Waals surface area contributed by atoms with Crippen LogP contribution < -0.4 is 0 Å². The first-order valence-electron chi connectivity index (χ1n) is 9.92. The van der Waals surface area contributed by atoms with Crippen molar-refractivity contribution in [2.45, 2.75) is 31.9 Å². The molecule has 2 aliphatic carbocycles. The van der Waals surface area contributed by atoms with Crippen LogP contribution in [-0.2, 0) is 20.8 Å². The zero-order valence-electron chi connectivity index (χ0n) is 17.6. The van der Waals surface area contributed by atoms with E-state index in [-0.39, 0.29) is 29.4 Å². The maximum absolute atomic E-state index is 13.6. The lowest BCUT2D eigenvalue weighted by molar-refractivity contribution is -0.160. The Kier molecular flexibility index (Phi) is 4.57. The molecule has 4 rings (SSSR count). The van der Waals surface area contributed by atoms with Crippen molar-refractivity contribution >= 4 is 34.4 Å². The van der Waals surface area contributed by atoms with Crippen LogP contribution in [0.5, 0.6) is 11.5 Å². The minimum Gasteiger partial charge on any atom is -0.507 e. The molecule has 2 aromatic rings. The number of hydrogen-bond acceptors (Lipinski definition) is 8. The van der Waals surface area contributed by atoms with Crippen LogP contribution in [0.15, 0.2) is 12.1 Å². The normalized spacial score (nSPS) is 28.1. The number of benzene rings is 2. The Balaban J connectivity index is 2.08. The quantitative estimate of drug-likeness (QED) is 0.477. The summed E-state index contributed by atoms with van der Waals surface area (Å²) >= 11 is 0. The van der Waals surface area contributed by atoms with Crippen LogP contribution in [0.2, 0.25) is 0 Å². The first kappa shape index (κ1) is 21.1. The maximum Gasteiger partial charge on any atom is 0.206 e. The van der Waals surface area contributed by atoms with Crippen molar-refractivity contribution in [1.29, 1.82) is 0 Å². The number of carbonyl (C=O) groups excluding carboxylic acids is 4. The average Bonchev–Trinajstić information content (AvgIpc) is 2.70. The Morgan fingerprint density at radius 2 is 1.74 bits per heavy atom. The Labute approximate surface area is 178 Å². The lowest BCUT2D eigenvalue weighted by Gasteiger charge is -2.48. The summed E-state index contributed by atoms with van der Waals surface area (Å²) in [6.07, 6.45) is 0.117. The molecule has 31 heavy (non-hydrogen) atoms. The minimum absolute atomic E-state index is 0.0343. The molecule has 0 saturated heterocycles. The summed E-state index contributed by atoms with van der Waals surface area (Å²) in [7, 11) is 3.15. The van der Waals surface area contributed by atoms with E-state index in [1.807, 2.05) is 0 Å². The number of hydrogen-bond donors (Lipinski definition) is 3. The molecule has 0 aromatic heterocycles. The molecule has 2 aromatic carbocycles. The summed E-state index contributed by atoms with van der Waals surface area (Å²) in [5, 5.41) is 33.5. The Hall–Kier alpha value is -3.10. The summed E-state index contributed by atoms with van der Waals surface area (Å²) in [5.41, 5.74) is -1.41. The molecule has 0 spiro atoms. The van der Waals surface area contributed by atoms with Crippen molar-refractivity contribution in [3.05, 3.63) is 34.4 Å². The summed E-state index contributed by atoms with van der Waals surface area (Å²) < 4.78 is 0. The van der Waals surface area contributed by atoms with Crippen LogP contribution >= 0.6 is 0 Å². The van der Waals surface area contributed by atoms with Crippen LogP contribution in [-0.4, -0.2) is 69.6 Å². The highest BCUT2D eigenvalue weighted by Crippen LogP contribution is 2.49. The van der Waals surface area contributed by atoms with Gasteiger partial charge >= 0.3 is 0 Å². The molecule has 4 atom stereocenters. The number of phenols is 2. The SMILES string of the molecule is Cc1ccc2c(C)c3c(c(O)c2c1O)C(=O)C1(O)C(=O)C(C=O)C(=O)C(N(C)C)C1C3. The van der Waals surface area contributed by atoms with E-state index >= 15 is 0 Å². The monoisotopic (exact) mass is 425 g/mol. The average molecular weight is 425 g/mol. The fraction of sp³-hybridized carbons (Fsp3) is 0.391. The third-order valence-electron chi connectivity index (χ3n) is 6.88. The van der Waals surface area contributed by atoms with Gasteiger partial charge in [-0.2, -0.15) is 0 Å². The lowest BCUT2D eigenvalue weighted by atomic mass is 9.58. The molecule has 3 N–H and O–H groups in total. The molecule has 8 heteroatoms. The number of aliphatic hydroxyl groups is 1. The van der Waals surface area contributed by atoms with Crippen LogP contribution in [0.1, 0.15) is 27.0 Å². The molecular weight excluding hydrogens is 402 g/mol. The van der Waals surface area contributed by atoms with Gasteiger partial charge in [0.05, 0.1) is 17.0 Å². The van der Waals surface area contributed by atoms with Crippen molar-refractivity contribution in [3.63, 3.8) is 0 Å². The number of likely N-dealkylation sites (N-methyl/N-ethyl adjacent to an activating group) is 1. The molecule has 2 aliphatic rings. The highest BCUT2D eigenvalue weighted by molar-refractivity contribution is 6.31. The largest absolute Gasteiger partial charge is 0.507 e. The van der Waals surface area contributed by atoms with E-state index in [1.54, 1.807) is 40.1 Å². The highest BCUT2D eigenvalue weighted by Gasteiger charge is 2.65. The van der Waals surface area contributed by atoms with Gasteiger partial charge in [-0.05, 0) is 56.4 Å². The number of carbonyl (C=O) groups is 4. The zero-order valence-corrected chi connectivity index (χ0v) is 17.6. The van der Waals surface area contributed by atoms with Gasteiger partial charge in [-0.3, -0.25) is 19.3 Å². The standard InChI is InChI=1S/C23H23NO7/c1-9-5-6-11-10(2)12-7-14-17(24(3)4)19(27)13(8-25)21(29)23(14,31)22(30)16(12)20(28)15(11)18(9)26/h5-6,8,13-14,17,26,28,31H,7H2,1-4H3. The lowest BCUT2D eigenvalue weighted by Crippen LogP contribution is -2.70. The number of phenolic OH excluding ortho intramolecular Hbond substituents is 2. The highest BCUT2D eigenvalue weighted by atomic mass is 16.3. The fourth-order valence-corrected chi connectivity index (χ4v) is 5.22. The van der Waals surface area contributed by atoms with Crippen LogP contribution in [0.25, 0.3) is 10.8 Å². The molecule has 4 unspecified atom stereocenters. The molecule has 0 bridgehead atoms. The molecule has 162 valence electrons. The van der Waals surface area contributed by atoms with Crippen molar-refractivity contribution in [2.75, 3.05) is 14.1 Å². The number of aryl methyl sites for hydroxylation is 2. The van der Waals surface area contributed by atoms with Crippen LogP contribution in [0.3, 0.4) is 0 Å². The molecule has 0 heterocycles. The van der Waals surface area contributed by atoms with Gasteiger partial charge in [0.25, 0.3) is 0 Å². The van der Waals surface area contributed by atoms with E-state index in [0.717, 1.165) is 0 Å². The number of Topliss-reactive ketones (excluding diaryl/α,β-unsaturated/α-hetero) is 3. The molecule has 1 saturated carbocycles. The Morgan fingerprint density at radius 1 is 1.10 bits per heavy atom. The first-order valence-corrected chi connectivity index (χ1v) is 9.92. The van der Waals surface area contributed by atoms with Crippen LogP contribution in [0.4, 0.5) is 0 Å². The Bertz CT molecular complexity index is 1200. The number of rotatable bonds is 2. The van der Waals surface area contributed by atoms with E-state index in [9.17, 15) is 34.5 Å². The van der Waals surface area contributed by atoms with E-state index in [0.29, 0.717) is 22.1 Å². The second kappa shape index (κ2) is 6.70. The van der Waals surface area contributed by atoms with Gasteiger partial charge in [0.1, 0.15) is 23.7 Å². The van der Waals surface area contributed by atoms with E-state index in [1.165, 1.54) is 4.90 Å². The summed E-state index contributed by atoms with van der Waals surface area (Å²) in [6, 6.07) is 2.36. The third kappa shape index (κ3) is 2.49. The second-order valence-corrected chi connectivity index (χ2v) is 8.68. The smallest absolute Gasteiger partial charge is 0.206 e. The predicted octanol–water partition coefficient (Wildman–Crippen LogP) is 0.851. The van der Waals surface area contributed by atoms with Gasteiger partial charge in [0.15, 0.2) is 17.2 Å². The summed E-state index contributed by atoms with van der Waals surface area (Å²) in [6.45, 7) is 3.36. The van der Waals surface area contributed by atoms with E-state index in [4.69, 9.17) is 0 Å². The van der Waals surface area contributed by atoms with Gasteiger partial charge in [0, 0.05) is 5.92 Å². The van der Waals surface area contributed by atoms with E-state index < -0.39 is 46.6 Å². The topological polar surface area (TPSA) is 132 Å². The first-order chi connectivity index (χ1) is 14.5. The van der Waals surface area contributed by atoms with Gasteiger partial charge in [-0.15, -0.1) is 0 Å². The second-order valence-electron chi connectivity index (χ2n) is 8.68. The molecule has 8 nitrogen and oxygen atoms in total. The zero-order chi connectivity index (χ0) is 23.0. The summed E-state index contributed by atoms with van der Waals surface area (Å²) in [5.74, 6) is -6.50. The number of fused-ring (bicyclic) bond motifs is 3. The van der Waals surface area contributed by atoms with Crippen molar-refractivity contribution in [2.24, 2.45) is 11.8 Å². The van der Waals surface area contributed by atoms with Crippen molar-refractivity contribution < 1.29 is 34.5 Å². The number of ketones is 3. The molecular formula is C23H23NO7. The summed E-state index contributed by atoms with van der Waals surface area (Å²) in [4.78, 5) is 52.5. The number of nitrogens with zero attached hydrogens (tertiary/aromatic N) is 1. The van der Waals surface area contributed by atoms with Crippen molar-refractivity contribution in [1.82, 2.24) is 4.90 Å². The van der Waals surface area contributed by atoms with Gasteiger partial charge in [-0.25, -0.2) is 0 Å².